The van der Waals surface area contributed by atoms with E-state index in [1.165, 1.54) is 22.6 Å². The number of aryl methyl sites for hydroxylation is 1. The normalized spacial score (nSPS) is 14.3. The van der Waals surface area contributed by atoms with Crippen LogP contribution in [0, 0.1) is 6.92 Å². The summed E-state index contributed by atoms with van der Waals surface area (Å²) in [5.41, 5.74) is 5.12. The maximum absolute atomic E-state index is 13.4. The molecule has 0 unspecified atom stereocenters. The van der Waals surface area contributed by atoms with Gasteiger partial charge in [0.05, 0.1) is 20.8 Å². The van der Waals surface area contributed by atoms with Gasteiger partial charge < -0.3 is 28.7 Å². The van der Waals surface area contributed by atoms with E-state index in [0.29, 0.717) is 38.4 Å². The second-order valence-electron chi connectivity index (χ2n) is 10.7. The molecule has 1 saturated heterocycles. The zero-order valence-corrected chi connectivity index (χ0v) is 25.6. The Hall–Kier alpha value is -4.28. The summed E-state index contributed by atoms with van der Waals surface area (Å²) in [7, 11) is 3.31. The number of piperazine rings is 1. The summed E-state index contributed by atoms with van der Waals surface area (Å²) in [6, 6.07) is 20.3. The minimum absolute atomic E-state index is 0.00826. The molecule has 2 aliphatic rings. The molecule has 0 bridgehead atoms. The van der Waals surface area contributed by atoms with Crippen LogP contribution in [0.5, 0.6) is 23.0 Å². The lowest BCUT2D eigenvalue weighted by molar-refractivity contribution is 0.0741. The van der Waals surface area contributed by atoms with E-state index in [4.69, 9.17) is 23.9 Å². The minimum Gasteiger partial charge on any atom is -0.497 e. The smallest absolute Gasteiger partial charge is 0.273 e. The summed E-state index contributed by atoms with van der Waals surface area (Å²) < 4.78 is 22.2. The molecular formula is C33H36N4O5S. The highest BCUT2D eigenvalue weighted by molar-refractivity contribution is 7.09. The van der Waals surface area contributed by atoms with Gasteiger partial charge in [0, 0.05) is 62.0 Å². The highest BCUT2D eigenvalue weighted by Crippen LogP contribution is 2.34. The number of fused-ring (bicyclic) bond motifs is 1. The van der Waals surface area contributed by atoms with Crippen molar-refractivity contribution in [3.05, 3.63) is 93.4 Å². The Kier molecular flexibility index (Phi) is 8.67. The molecular weight excluding hydrogens is 564 g/mol. The number of nitrogens with zero attached hydrogens (tertiary/aromatic N) is 4. The van der Waals surface area contributed by atoms with Crippen molar-refractivity contribution in [1.82, 2.24) is 14.8 Å². The molecule has 224 valence electrons. The maximum atomic E-state index is 13.4. The van der Waals surface area contributed by atoms with Gasteiger partial charge in [0.2, 0.25) is 6.79 Å². The number of carbonyl (C=O) groups excluding carboxylic acids is 1. The molecule has 0 spiro atoms. The molecule has 3 heterocycles. The zero-order chi connectivity index (χ0) is 29.8. The molecule has 0 atom stereocenters. The molecule has 9 nitrogen and oxygen atoms in total. The van der Waals surface area contributed by atoms with Crippen LogP contribution in [0.2, 0.25) is 0 Å². The van der Waals surface area contributed by atoms with Crippen LogP contribution in [0.25, 0.3) is 0 Å². The number of anilines is 1. The van der Waals surface area contributed by atoms with Gasteiger partial charge in [0.25, 0.3) is 5.91 Å². The van der Waals surface area contributed by atoms with Gasteiger partial charge in [-0.2, -0.15) is 0 Å². The van der Waals surface area contributed by atoms with E-state index >= 15 is 0 Å². The Labute approximate surface area is 256 Å². The number of thiazole rings is 1. The molecule has 2 aliphatic heterocycles. The van der Waals surface area contributed by atoms with Crippen molar-refractivity contribution < 1.29 is 23.7 Å². The van der Waals surface area contributed by atoms with Crippen molar-refractivity contribution in [3.8, 4) is 23.0 Å². The van der Waals surface area contributed by atoms with Crippen LogP contribution in [0.4, 0.5) is 5.69 Å². The van der Waals surface area contributed by atoms with E-state index < -0.39 is 0 Å². The Morgan fingerprint density at radius 1 is 0.930 bits per heavy atom. The standard InChI is InChI=1S/C33H36N4O5S/c1-23-6-4-5-7-28(23)36-12-14-37(15-13-36)33(38)27-21-43-32(34-27)20-35(18-24-8-11-29-31(16-24)42-22-41-29)19-25-9-10-26(39-2)17-30(25)40-3/h4-11,16-17,21H,12-15,18-20,22H2,1-3H3. The monoisotopic (exact) mass is 600 g/mol. The summed E-state index contributed by atoms with van der Waals surface area (Å²) in [6.07, 6.45) is 0. The Balaban J connectivity index is 1.16. The van der Waals surface area contributed by atoms with Gasteiger partial charge >= 0.3 is 0 Å². The van der Waals surface area contributed by atoms with Crippen LogP contribution < -0.4 is 23.8 Å². The molecule has 0 radical (unpaired) electrons. The number of amides is 1. The predicted octanol–water partition coefficient (Wildman–Crippen LogP) is 5.36. The lowest BCUT2D eigenvalue weighted by atomic mass is 10.1. The lowest BCUT2D eigenvalue weighted by Gasteiger charge is -2.36. The Bertz CT molecular complexity index is 1580. The summed E-state index contributed by atoms with van der Waals surface area (Å²) in [5.74, 6) is 3.01. The van der Waals surface area contributed by atoms with Gasteiger partial charge in [0.15, 0.2) is 11.5 Å². The van der Waals surface area contributed by atoms with Crippen LogP contribution in [-0.4, -0.2) is 67.9 Å². The van der Waals surface area contributed by atoms with E-state index in [2.05, 4.69) is 47.1 Å². The number of hydrogen-bond donors (Lipinski definition) is 0. The molecule has 1 aromatic heterocycles. The summed E-state index contributed by atoms with van der Waals surface area (Å²) in [6.45, 7) is 7.17. The quantitative estimate of drug-likeness (QED) is 0.241. The zero-order valence-electron chi connectivity index (χ0n) is 24.7. The first-order valence-electron chi connectivity index (χ1n) is 14.4. The fraction of sp³-hybridized carbons (Fsp3) is 0.333. The van der Waals surface area contributed by atoms with Crippen LogP contribution >= 0.6 is 11.3 Å². The van der Waals surface area contributed by atoms with Crippen molar-refractivity contribution in [1.29, 1.82) is 0 Å². The molecule has 0 saturated carbocycles. The van der Waals surface area contributed by atoms with E-state index in [-0.39, 0.29) is 12.7 Å². The first kappa shape index (κ1) is 28.8. The highest BCUT2D eigenvalue weighted by atomic mass is 32.1. The molecule has 6 rings (SSSR count). The first-order valence-corrected chi connectivity index (χ1v) is 15.2. The summed E-state index contributed by atoms with van der Waals surface area (Å²) >= 11 is 1.52. The van der Waals surface area contributed by atoms with Crippen molar-refractivity contribution in [2.24, 2.45) is 0 Å². The maximum Gasteiger partial charge on any atom is 0.273 e. The second-order valence-corrected chi connectivity index (χ2v) is 11.6. The van der Waals surface area contributed by atoms with Crippen LogP contribution in [0.1, 0.15) is 32.2 Å². The fourth-order valence-corrected chi connectivity index (χ4v) is 6.40. The number of benzene rings is 3. The average Bonchev–Trinajstić information content (AvgIpc) is 3.71. The van der Waals surface area contributed by atoms with Gasteiger partial charge in [-0.15, -0.1) is 11.3 Å². The van der Waals surface area contributed by atoms with Crippen molar-refractivity contribution in [2.75, 3.05) is 52.1 Å². The third-order valence-corrected chi connectivity index (χ3v) is 8.72. The van der Waals surface area contributed by atoms with E-state index in [1.54, 1.807) is 14.2 Å². The van der Waals surface area contributed by atoms with Crippen molar-refractivity contribution in [3.63, 3.8) is 0 Å². The number of hydrogen-bond acceptors (Lipinski definition) is 9. The first-order chi connectivity index (χ1) is 21.0. The topological polar surface area (TPSA) is 76.6 Å². The molecule has 10 heteroatoms. The Morgan fingerprint density at radius 3 is 2.53 bits per heavy atom. The number of rotatable bonds is 10. The van der Waals surface area contributed by atoms with E-state index in [1.807, 2.05) is 40.6 Å². The highest BCUT2D eigenvalue weighted by Gasteiger charge is 2.25. The number of ether oxygens (including phenoxy) is 4. The van der Waals surface area contributed by atoms with Gasteiger partial charge in [-0.3, -0.25) is 9.69 Å². The van der Waals surface area contributed by atoms with E-state index in [9.17, 15) is 4.79 Å². The minimum atomic E-state index is -0.00826. The number of aromatic nitrogens is 1. The van der Waals surface area contributed by atoms with Crippen molar-refractivity contribution >= 4 is 22.9 Å². The third kappa shape index (κ3) is 6.55. The Morgan fingerprint density at radius 2 is 1.74 bits per heavy atom. The average molecular weight is 601 g/mol. The number of carbonyl (C=O) groups is 1. The van der Waals surface area contributed by atoms with Crippen molar-refractivity contribution in [2.45, 2.75) is 26.6 Å². The fourth-order valence-electron chi connectivity index (χ4n) is 5.59. The third-order valence-electron chi connectivity index (χ3n) is 7.88. The van der Waals surface area contributed by atoms with E-state index in [0.717, 1.165) is 52.2 Å². The lowest BCUT2D eigenvalue weighted by Crippen LogP contribution is -2.49. The van der Waals surface area contributed by atoms with Gasteiger partial charge in [-0.05, 0) is 42.3 Å². The summed E-state index contributed by atoms with van der Waals surface area (Å²) in [4.78, 5) is 24.8. The largest absolute Gasteiger partial charge is 0.497 e. The molecule has 0 aliphatic carbocycles. The SMILES string of the molecule is COc1ccc(CN(Cc2ccc3c(c2)OCO3)Cc2nc(C(=O)N3CCN(c4ccccc4C)CC3)cs2)c(OC)c1. The van der Waals surface area contributed by atoms with Gasteiger partial charge in [-0.25, -0.2) is 4.98 Å². The van der Waals surface area contributed by atoms with Gasteiger partial charge in [-0.1, -0.05) is 30.3 Å². The van der Waals surface area contributed by atoms with Crippen LogP contribution in [0.3, 0.4) is 0 Å². The summed E-state index contributed by atoms with van der Waals surface area (Å²) in [5, 5.41) is 2.77. The molecule has 4 aromatic rings. The van der Waals surface area contributed by atoms with Gasteiger partial charge in [0.1, 0.15) is 22.2 Å². The molecule has 0 N–H and O–H groups in total. The molecule has 1 fully saturated rings. The number of methoxy groups -OCH3 is 2. The molecule has 43 heavy (non-hydrogen) atoms. The van der Waals surface area contributed by atoms with Crippen LogP contribution in [0.15, 0.2) is 66.0 Å². The predicted molar refractivity (Wildman–Crippen MR) is 166 cm³/mol. The molecule has 1 amide bonds. The van der Waals surface area contributed by atoms with Crippen LogP contribution in [-0.2, 0) is 19.6 Å². The molecule has 3 aromatic carbocycles. The second kappa shape index (κ2) is 12.9. The number of para-hydroxylation sites is 1.